The second-order valence-electron chi connectivity index (χ2n) is 3.51. The number of carboxylic acids is 1. The van der Waals surface area contributed by atoms with Crippen LogP contribution in [0.3, 0.4) is 0 Å². The molecule has 0 radical (unpaired) electrons. The lowest BCUT2D eigenvalue weighted by molar-refractivity contribution is -0.138. The lowest BCUT2D eigenvalue weighted by Gasteiger charge is -2.04. The van der Waals surface area contributed by atoms with Crippen LogP contribution < -0.4 is 11.5 Å². The number of halogens is 2. The molecule has 0 saturated heterocycles. The number of thioether (sulfide) groups is 1. The van der Waals surface area contributed by atoms with E-state index in [1.165, 1.54) is 0 Å². The molecule has 0 amide bonds. The monoisotopic (exact) mass is 319 g/mol. The fourth-order valence-corrected chi connectivity index (χ4v) is 1.76. The van der Waals surface area contributed by atoms with E-state index in [0.29, 0.717) is 25.2 Å². The summed E-state index contributed by atoms with van der Waals surface area (Å²) in [7, 11) is 0. The smallest absolute Gasteiger partial charge is 0.320 e. The normalized spacial score (nSPS) is 12.2. The molecule has 5 N–H and O–H groups in total. The van der Waals surface area contributed by atoms with Gasteiger partial charge in [-0.25, -0.2) is 0 Å². The molecule has 1 atom stereocenters. The predicted octanol–water partition coefficient (Wildman–Crippen LogP) is 1.52. The van der Waals surface area contributed by atoms with Crippen molar-refractivity contribution in [3.63, 3.8) is 0 Å². The Morgan fingerprint density at radius 2 is 2.06 bits per heavy atom. The second-order valence-corrected chi connectivity index (χ2v) is 4.62. The molecule has 0 bridgehead atoms. The summed E-state index contributed by atoms with van der Waals surface area (Å²) >= 11 is 1.76. The van der Waals surface area contributed by atoms with Gasteiger partial charge in [-0.2, -0.15) is 11.8 Å². The van der Waals surface area contributed by atoms with Gasteiger partial charge in [-0.1, -0.05) is 6.92 Å². The van der Waals surface area contributed by atoms with Crippen LogP contribution in [0.5, 0.6) is 0 Å². The highest BCUT2D eigenvalue weighted by Crippen LogP contribution is 2.01. The zero-order valence-electron chi connectivity index (χ0n) is 10.5. The fraction of sp³-hybridized carbons (Fsp3) is 0.800. The number of carbonyl (C=O) groups is 1. The van der Waals surface area contributed by atoms with Crippen LogP contribution in [0.4, 0.5) is 0 Å². The average Bonchev–Trinajstić information content (AvgIpc) is 2.24. The minimum absolute atomic E-state index is 0. The SMILES string of the molecule is CCCSCC(N)=NCCC[C@H](N)C(=O)O.Cl.Cl. The molecule has 0 fully saturated rings. The van der Waals surface area contributed by atoms with Crippen molar-refractivity contribution in [2.75, 3.05) is 18.1 Å². The van der Waals surface area contributed by atoms with E-state index < -0.39 is 12.0 Å². The first-order valence-corrected chi connectivity index (χ1v) is 6.58. The van der Waals surface area contributed by atoms with E-state index in [2.05, 4.69) is 11.9 Å². The largest absolute Gasteiger partial charge is 0.480 e. The van der Waals surface area contributed by atoms with E-state index in [9.17, 15) is 4.79 Å². The third-order valence-corrected chi connectivity index (χ3v) is 3.10. The second kappa shape index (κ2) is 14.9. The highest BCUT2D eigenvalue weighted by molar-refractivity contribution is 7.99. The zero-order chi connectivity index (χ0) is 12.4. The number of amidine groups is 1. The number of aliphatic imine (C=N–C) groups is 1. The van der Waals surface area contributed by atoms with Crippen molar-refractivity contribution in [1.82, 2.24) is 0 Å². The molecule has 0 unspecified atom stereocenters. The van der Waals surface area contributed by atoms with Crippen LogP contribution in [-0.2, 0) is 4.79 Å². The Hall–Kier alpha value is -0.170. The van der Waals surface area contributed by atoms with Gasteiger partial charge in [0.25, 0.3) is 0 Å². The third kappa shape index (κ3) is 13.9. The maximum atomic E-state index is 10.4. The first kappa shape index (κ1) is 23.0. The predicted molar refractivity (Wildman–Crippen MR) is 83.4 cm³/mol. The van der Waals surface area contributed by atoms with Gasteiger partial charge in [0.2, 0.25) is 0 Å². The Balaban J connectivity index is -0.00000112. The summed E-state index contributed by atoms with van der Waals surface area (Å²) in [4.78, 5) is 14.6. The number of nitrogens with zero attached hydrogens (tertiary/aromatic N) is 1. The van der Waals surface area contributed by atoms with Gasteiger partial charge in [-0.05, 0) is 25.0 Å². The van der Waals surface area contributed by atoms with Gasteiger partial charge >= 0.3 is 5.97 Å². The standard InChI is InChI=1S/C10H21N3O2S.2ClH/c1-2-6-16-7-9(12)13-5-3-4-8(11)10(14)15;;/h8H,2-7,11H2,1H3,(H2,12,13)(H,14,15);2*1H/t8-;;/m0../s1. The highest BCUT2D eigenvalue weighted by atomic mass is 35.5. The molecule has 0 aliphatic rings. The summed E-state index contributed by atoms with van der Waals surface area (Å²) in [6.07, 6.45) is 2.23. The van der Waals surface area contributed by atoms with Crippen LogP contribution in [0, 0.1) is 0 Å². The summed E-state index contributed by atoms with van der Waals surface area (Å²) in [5.74, 6) is 1.50. The van der Waals surface area contributed by atoms with E-state index in [0.717, 1.165) is 17.9 Å². The van der Waals surface area contributed by atoms with E-state index in [1.807, 2.05) is 0 Å². The van der Waals surface area contributed by atoms with E-state index in [4.69, 9.17) is 16.6 Å². The van der Waals surface area contributed by atoms with Crippen molar-refractivity contribution in [2.24, 2.45) is 16.5 Å². The molecule has 0 aliphatic carbocycles. The molecule has 0 heterocycles. The minimum atomic E-state index is -0.963. The highest BCUT2D eigenvalue weighted by Gasteiger charge is 2.09. The van der Waals surface area contributed by atoms with Gasteiger partial charge in [-0.3, -0.25) is 9.79 Å². The number of aliphatic carboxylic acids is 1. The van der Waals surface area contributed by atoms with Gasteiger partial charge in [0, 0.05) is 6.54 Å². The number of carboxylic acid groups (broad SMARTS) is 1. The van der Waals surface area contributed by atoms with Crippen LogP contribution >= 0.6 is 36.6 Å². The number of rotatable bonds is 9. The molecule has 0 aromatic carbocycles. The molecule has 8 heteroatoms. The first-order chi connectivity index (χ1) is 7.57. The van der Waals surface area contributed by atoms with Crippen molar-refractivity contribution in [3.8, 4) is 0 Å². The zero-order valence-corrected chi connectivity index (χ0v) is 13.0. The Labute approximate surface area is 125 Å². The molecular formula is C10H23Cl2N3O2S. The Bertz CT molecular complexity index is 243. The molecule has 0 spiro atoms. The summed E-state index contributed by atoms with van der Waals surface area (Å²) in [6, 6.07) is -0.786. The van der Waals surface area contributed by atoms with E-state index in [1.54, 1.807) is 11.8 Å². The maximum Gasteiger partial charge on any atom is 0.320 e. The molecule has 5 nitrogen and oxygen atoms in total. The van der Waals surface area contributed by atoms with Crippen LogP contribution in [0.15, 0.2) is 4.99 Å². The Kier molecular flexibility index (Phi) is 19.0. The molecule has 0 aromatic rings. The van der Waals surface area contributed by atoms with Crippen molar-refractivity contribution >= 4 is 48.4 Å². The molecule has 0 rings (SSSR count). The number of hydrogen-bond acceptors (Lipinski definition) is 4. The Morgan fingerprint density at radius 3 is 2.56 bits per heavy atom. The third-order valence-electron chi connectivity index (χ3n) is 1.90. The molecule has 0 aromatic heterocycles. The quantitative estimate of drug-likeness (QED) is 0.340. The van der Waals surface area contributed by atoms with Crippen LogP contribution in [0.2, 0.25) is 0 Å². The van der Waals surface area contributed by atoms with E-state index in [-0.39, 0.29) is 24.8 Å². The fourth-order valence-electron chi connectivity index (χ4n) is 1.02. The van der Waals surface area contributed by atoms with Gasteiger partial charge in [0.15, 0.2) is 0 Å². The maximum absolute atomic E-state index is 10.4. The van der Waals surface area contributed by atoms with Crippen molar-refractivity contribution < 1.29 is 9.90 Å². The minimum Gasteiger partial charge on any atom is -0.480 e. The summed E-state index contributed by atoms with van der Waals surface area (Å²) in [6.45, 7) is 2.67. The molecule has 110 valence electrons. The topological polar surface area (TPSA) is 102 Å². The van der Waals surface area contributed by atoms with Gasteiger partial charge in [0.1, 0.15) is 11.9 Å². The molecule has 0 saturated carbocycles. The van der Waals surface area contributed by atoms with Crippen molar-refractivity contribution in [1.29, 1.82) is 0 Å². The summed E-state index contributed by atoms with van der Waals surface area (Å²) < 4.78 is 0. The lowest BCUT2D eigenvalue weighted by atomic mass is 10.2. The summed E-state index contributed by atoms with van der Waals surface area (Å²) in [5.41, 5.74) is 11.0. The van der Waals surface area contributed by atoms with Gasteiger partial charge in [-0.15, -0.1) is 24.8 Å². The molecule has 18 heavy (non-hydrogen) atoms. The Morgan fingerprint density at radius 1 is 1.44 bits per heavy atom. The average molecular weight is 320 g/mol. The molecular weight excluding hydrogens is 297 g/mol. The summed E-state index contributed by atoms with van der Waals surface area (Å²) in [5, 5.41) is 8.54. The van der Waals surface area contributed by atoms with Crippen molar-refractivity contribution in [3.05, 3.63) is 0 Å². The number of nitrogens with two attached hydrogens (primary N) is 2. The number of hydrogen-bond donors (Lipinski definition) is 3. The van der Waals surface area contributed by atoms with Gasteiger partial charge < -0.3 is 16.6 Å². The van der Waals surface area contributed by atoms with Crippen LogP contribution in [0.25, 0.3) is 0 Å². The van der Waals surface area contributed by atoms with Crippen LogP contribution in [-0.4, -0.2) is 41.0 Å². The van der Waals surface area contributed by atoms with E-state index >= 15 is 0 Å². The lowest BCUT2D eigenvalue weighted by Crippen LogP contribution is -2.30. The molecule has 0 aliphatic heterocycles. The van der Waals surface area contributed by atoms with Crippen molar-refractivity contribution in [2.45, 2.75) is 32.2 Å². The van der Waals surface area contributed by atoms with Crippen LogP contribution in [0.1, 0.15) is 26.2 Å². The van der Waals surface area contributed by atoms with Gasteiger partial charge in [0.05, 0.1) is 5.75 Å². The first-order valence-electron chi connectivity index (χ1n) is 5.42.